The topological polar surface area (TPSA) is 37.5 Å². The average molecular weight is 235 g/mol. The summed E-state index contributed by atoms with van der Waals surface area (Å²) in [5.74, 6) is 0. The van der Waals surface area contributed by atoms with Crippen LogP contribution in [-0.4, -0.2) is 9.94 Å². The molecule has 82 valence electrons. The van der Waals surface area contributed by atoms with Gasteiger partial charge in [-0.25, -0.2) is 4.99 Å². The Morgan fingerprint density at radius 3 is 2.50 bits per heavy atom. The number of benzene rings is 1. The first kappa shape index (κ1) is 10.8. The Labute approximate surface area is 98.2 Å². The zero-order valence-electron chi connectivity index (χ0n) is 8.76. The van der Waals surface area contributed by atoms with Crippen molar-refractivity contribution in [3.8, 4) is 0 Å². The van der Waals surface area contributed by atoms with Crippen molar-refractivity contribution in [1.29, 1.82) is 0 Å². The zero-order chi connectivity index (χ0) is 11.5. The molecule has 2 rings (SSSR count). The fourth-order valence-electron chi connectivity index (χ4n) is 1.33. The largest absolute Gasteiger partial charge is 0.427 e. The minimum atomic E-state index is 0.488. The third kappa shape index (κ3) is 2.25. The molecule has 0 saturated heterocycles. The quantitative estimate of drug-likeness (QED) is 0.757. The highest BCUT2D eigenvalue weighted by atomic mass is 35.5. The highest BCUT2D eigenvalue weighted by Crippen LogP contribution is 2.15. The molecule has 1 heterocycles. The molecule has 1 aromatic heterocycles. The molecule has 0 unspecified atom stereocenters. The first-order chi connectivity index (χ1) is 7.66. The van der Waals surface area contributed by atoms with Gasteiger partial charge < -0.3 is 5.21 Å². The van der Waals surface area contributed by atoms with Crippen LogP contribution in [0.3, 0.4) is 0 Å². The van der Waals surface area contributed by atoms with Gasteiger partial charge >= 0.3 is 0 Å². The van der Waals surface area contributed by atoms with Crippen LogP contribution in [0.5, 0.6) is 0 Å². The number of aromatic nitrogens is 1. The van der Waals surface area contributed by atoms with Gasteiger partial charge in [0.2, 0.25) is 0 Å². The van der Waals surface area contributed by atoms with Crippen LogP contribution in [0.25, 0.3) is 0 Å². The predicted octanol–water partition coefficient (Wildman–Crippen LogP) is 2.92. The molecule has 0 bridgehead atoms. The summed E-state index contributed by atoms with van der Waals surface area (Å²) in [6.07, 6.45) is 0. The second-order valence-corrected chi connectivity index (χ2v) is 3.86. The third-order valence-electron chi connectivity index (χ3n) is 2.20. The van der Waals surface area contributed by atoms with Crippen LogP contribution in [0, 0.1) is 6.92 Å². The van der Waals surface area contributed by atoms with Crippen molar-refractivity contribution in [1.82, 2.24) is 4.73 Å². The number of pyridine rings is 1. The van der Waals surface area contributed by atoms with Gasteiger partial charge in [0.1, 0.15) is 0 Å². The van der Waals surface area contributed by atoms with E-state index < -0.39 is 0 Å². The lowest BCUT2D eigenvalue weighted by atomic mass is 10.3. The summed E-state index contributed by atoms with van der Waals surface area (Å²) in [6.45, 7) is 1.81. The summed E-state index contributed by atoms with van der Waals surface area (Å²) >= 11 is 5.77. The van der Waals surface area contributed by atoms with Gasteiger partial charge in [-0.3, -0.25) is 0 Å². The fraction of sp³-hybridized carbons (Fsp3) is 0.0833. The van der Waals surface area contributed by atoms with Crippen molar-refractivity contribution in [2.45, 2.75) is 6.92 Å². The van der Waals surface area contributed by atoms with Crippen LogP contribution in [0.4, 0.5) is 5.69 Å². The molecule has 3 nitrogen and oxygen atoms in total. The monoisotopic (exact) mass is 234 g/mol. The van der Waals surface area contributed by atoms with E-state index in [-0.39, 0.29) is 0 Å². The maximum atomic E-state index is 9.71. The van der Waals surface area contributed by atoms with E-state index in [1.807, 2.05) is 6.07 Å². The maximum Gasteiger partial charge on any atom is 0.168 e. The Kier molecular flexibility index (Phi) is 2.97. The van der Waals surface area contributed by atoms with E-state index >= 15 is 0 Å². The summed E-state index contributed by atoms with van der Waals surface area (Å²) in [7, 11) is 0. The molecular formula is C12H11ClN2O. The SMILES string of the molecule is Cc1cccc(=Nc2ccc(Cl)cc2)n1O. The Morgan fingerprint density at radius 2 is 1.81 bits per heavy atom. The van der Waals surface area contributed by atoms with Crippen molar-refractivity contribution in [2.75, 3.05) is 0 Å². The van der Waals surface area contributed by atoms with Gasteiger partial charge in [-0.1, -0.05) is 17.7 Å². The van der Waals surface area contributed by atoms with E-state index in [1.54, 1.807) is 43.3 Å². The molecule has 1 aromatic carbocycles. The Balaban J connectivity index is 2.51. The molecule has 1 N–H and O–H groups in total. The summed E-state index contributed by atoms with van der Waals surface area (Å²) in [6, 6.07) is 12.5. The van der Waals surface area contributed by atoms with E-state index in [1.165, 1.54) is 0 Å². The molecule has 0 aliphatic carbocycles. The van der Waals surface area contributed by atoms with Crippen molar-refractivity contribution < 1.29 is 5.21 Å². The standard InChI is InChI=1S/C12H11ClN2O/c1-9-3-2-4-12(15(9)16)14-11-7-5-10(13)6-8-11/h2-8,16H,1H3. The Bertz CT molecular complexity index is 558. The van der Waals surface area contributed by atoms with E-state index in [0.29, 0.717) is 10.5 Å². The fourth-order valence-corrected chi connectivity index (χ4v) is 1.45. The molecule has 0 fully saturated rings. The van der Waals surface area contributed by atoms with E-state index in [0.717, 1.165) is 16.1 Å². The van der Waals surface area contributed by atoms with Gasteiger partial charge in [-0.05, 0) is 43.3 Å². The van der Waals surface area contributed by atoms with Crippen LogP contribution < -0.4 is 5.49 Å². The second kappa shape index (κ2) is 4.41. The molecule has 0 aliphatic heterocycles. The Hall–Kier alpha value is -1.74. The number of hydrogen-bond acceptors (Lipinski definition) is 2. The van der Waals surface area contributed by atoms with Crippen LogP contribution in [0.1, 0.15) is 5.69 Å². The number of halogens is 1. The summed E-state index contributed by atoms with van der Waals surface area (Å²) < 4.78 is 1.05. The molecule has 0 aliphatic rings. The smallest absolute Gasteiger partial charge is 0.168 e. The highest BCUT2D eigenvalue weighted by molar-refractivity contribution is 6.30. The van der Waals surface area contributed by atoms with Crippen LogP contribution in [-0.2, 0) is 0 Å². The molecule has 0 radical (unpaired) electrons. The first-order valence-corrected chi connectivity index (χ1v) is 5.23. The number of hydrogen-bond donors (Lipinski definition) is 1. The van der Waals surface area contributed by atoms with Gasteiger partial charge in [0.15, 0.2) is 5.49 Å². The minimum Gasteiger partial charge on any atom is -0.427 e. The van der Waals surface area contributed by atoms with Gasteiger partial charge in [0, 0.05) is 5.02 Å². The van der Waals surface area contributed by atoms with E-state index in [4.69, 9.17) is 11.6 Å². The van der Waals surface area contributed by atoms with Crippen molar-refractivity contribution in [3.63, 3.8) is 0 Å². The number of aryl methyl sites for hydroxylation is 1. The third-order valence-corrected chi connectivity index (χ3v) is 2.46. The van der Waals surface area contributed by atoms with Gasteiger partial charge in [-0.15, -0.1) is 0 Å². The molecule has 0 atom stereocenters. The van der Waals surface area contributed by atoms with Crippen molar-refractivity contribution in [3.05, 3.63) is 58.7 Å². The lowest BCUT2D eigenvalue weighted by Gasteiger charge is -2.02. The minimum absolute atomic E-state index is 0.488. The van der Waals surface area contributed by atoms with Gasteiger partial charge in [0.05, 0.1) is 11.4 Å². The summed E-state index contributed by atoms with van der Waals surface area (Å²) in [5.41, 5.74) is 1.97. The zero-order valence-corrected chi connectivity index (χ0v) is 9.52. The van der Waals surface area contributed by atoms with E-state index in [2.05, 4.69) is 4.99 Å². The summed E-state index contributed by atoms with van der Waals surface area (Å²) in [4.78, 5) is 4.30. The lowest BCUT2D eigenvalue weighted by molar-refractivity contribution is 0.165. The molecule has 4 heteroatoms. The molecule has 0 saturated carbocycles. The van der Waals surface area contributed by atoms with E-state index in [9.17, 15) is 5.21 Å². The average Bonchev–Trinajstić information content (AvgIpc) is 2.28. The van der Waals surface area contributed by atoms with Gasteiger partial charge in [-0.2, -0.15) is 4.73 Å². The number of nitrogens with zero attached hydrogens (tertiary/aromatic N) is 2. The molecular weight excluding hydrogens is 224 g/mol. The van der Waals surface area contributed by atoms with Crippen molar-refractivity contribution >= 4 is 17.3 Å². The normalized spacial score (nSPS) is 11.8. The molecule has 0 spiro atoms. The maximum absolute atomic E-state index is 9.71. The van der Waals surface area contributed by atoms with Gasteiger partial charge in [0.25, 0.3) is 0 Å². The van der Waals surface area contributed by atoms with Crippen LogP contribution in [0.2, 0.25) is 5.02 Å². The first-order valence-electron chi connectivity index (χ1n) is 4.85. The van der Waals surface area contributed by atoms with Crippen LogP contribution in [0.15, 0.2) is 47.5 Å². The molecule has 0 amide bonds. The molecule has 16 heavy (non-hydrogen) atoms. The predicted molar refractivity (Wildman–Crippen MR) is 63.0 cm³/mol. The highest BCUT2D eigenvalue weighted by Gasteiger charge is 1.94. The summed E-state index contributed by atoms with van der Waals surface area (Å²) in [5, 5.41) is 10.4. The van der Waals surface area contributed by atoms with Crippen molar-refractivity contribution in [2.24, 2.45) is 4.99 Å². The number of rotatable bonds is 1. The lowest BCUT2D eigenvalue weighted by Crippen LogP contribution is -2.19. The van der Waals surface area contributed by atoms with Crippen LogP contribution >= 0.6 is 11.6 Å². The second-order valence-electron chi connectivity index (χ2n) is 3.43. The Morgan fingerprint density at radius 1 is 1.12 bits per heavy atom. The molecule has 2 aromatic rings.